The van der Waals surface area contributed by atoms with Crippen LogP contribution in [-0.2, 0) is 16.0 Å². The van der Waals surface area contributed by atoms with Gasteiger partial charge in [-0.2, -0.15) is 0 Å². The van der Waals surface area contributed by atoms with E-state index in [1.165, 1.54) is 0 Å². The number of hydrogen-bond acceptors (Lipinski definition) is 6. The van der Waals surface area contributed by atoms with Crippen LogP contribution in [0.15, 0.2) is 94.9 Å². The van der Waals surface area contributed by atoms with Crippen LogP contribution in [-0.4, -0.2) is 48.8 Å². The molecule has 4 rings (SSSR count). The van der Waals surface area contributed by atoms with Gasteiger partial charge in [-0.15, -0.1) is 6.58 Å². The monoisotopic (exact) mass is 606 g/mol. The van der Waals surface area contributed by atoms with Crippen LogP contribution in [0.4, 0.5) is 0 Å². The molecule has 0 aromatic heterocycles. The predicted molar refractivity (Wildman–Crippen MR) is 160 cm³/mol. The van der Waals surface area contributed by atoms with Gasteiger partial charge in [0.15, 0.2) is 11.6 Å². The van der Waals surface area contributed by atoms with E-state index in [0.717, 1.165) is 26.9 Å². The molecule has 2 atom stereocenters. The van der Waals surface area contributed by atoms with E-state index in [1.54, 1.807) is 6.08 Å². The van der Waals surface area contributed by atoms with Crippen molar-refractivity contribution in [1.82, 2.24) is 5.32 Å². The fraction of sp³-hybridized carbons (Fsp3) is 0.312. The summed E-state index contributed by atoms with van der Waals surface area (Å²) in [6, 6.07) is 23.0. The number of carbonyl (C=O) groups is 1. The Morgan fingerprint density at radius 3 is 2.58 bits per heavy atom. The van der Waals surface area contributed by atoms with Gasteiger partial charge in [-0.1, -0.05) is 52.3 Å². The van der Waals surface area contributed by atoms with Crippen LogP contribution in [0, 0.1) is 0 Å². The van der Waals surface area contributed by atoms with Crippen LogP contribution >= 0.6 is 15.9 Å². The van der Waals surface area contributed by atoms with Crippen molar-refractivity contribution >= 4 is 27.7 Å². The standard InChI is InChI=1S/C32H35BrN2O5/c1-3-19-32(31(37)34-20-18-23-8-5-6-9-28(23)38-4-2)29(24-10-14-26(33)15-11-24)40-30(35-32)25-12-16-27(17-13-25)39-22-7-21-36/h3,5-6,8-17,29,36H,1,4,7,18-22H2,2H3,(H,34,37)/t29-,32-/m1/s1. The molecule has 40 heavy (non-hydrogen) atoms. The summed E-state index contributed by atoms with van der Waals surface area (Å²) in [4.78, 5) is 18.9. The van der Waals surface area contributed by atoms with Crippen molar-refractivity contribution in [3.05, 3.63) is 107 Å². The van der Waals surface area contributed by atoms with E-state index in [1.807, 2.05) is 79.7 Å². The molecule has 8 heteroatoms. The van der Waals surface area contributed by atoms with Crippen molar-refractivity contribution in [3.63, 3.8) is 0 Å². The number of carbonyl (C=O) groups excluding carboxylic acids is 1. The molecule has 0 saturated heterocycles. The number of aliphatic hydroxyl groups excluding tert-OH is 1. The Kier molecular flexibility index (Phi) is 10.4. The summed E-state index contributed by atoms with van der Waals surface area (Å²) in [6.07, 6.45) is 2.53. The number of aliphatic imine (C=N–C) groups is 1. The van der Waals surface area contributed by atoms with Crippen LogP contribution in [0.3, 0.4) is 0 Å². The first kappa shape index (κ1) is 29.4. The Morgan fingerprint density at radius 1 is 1.12 bits per heavy atom. The minimum absolute atomic E-state index is 0.0760. The maximum Gasteiger partial charge on any atom is 0.252 e. The first-order chi connectivity index (χ1) is 19.5. The first-order valence-electron chi connectivity index (χ1n) is 13.5. The number of amides is 1. The number of benzene rings is 3. The van der Waals surface area contributed by atoms with Crippen molar-refractivity contribution in [2.75, 3.05) is 26.4 Å². The average molecular weight is 608 g/mol. The molecule has 1 heterocycles. The summed E-state index contributed by atoms with van der Waals surface area (Å²) in [7, 11) is 0. The van der Waals surface area contributed by atoms with Crippen LogP contribution in [0.1, 0.15) is 42.6 Å². The number of para-hydroxylation sites is 1. The Labute approximate surface area is 244 Å². The maximum atomic E-state index is 14.0. The Hall–Kier alpha value is -3.62. The van der Waals surface area contributed by atoms with E-state index in [4.69, 9.17) is 24.3 Å². The van der Waals surface area contributed by atoms with Crippen LogP contribution < -0.4 is 14.8 Å². The first-order valence-corrected chi connectivity index (χ1v) is 14.3. The smallest absolute Gasteiger partial charge is 0.252 e. The van der Waals surface area contributed by atoms with E-state index < -0.39 is 11.6 Å². The third-order valence-electron chi connectivity index (χ3n) is 6.61. The van der Waals surface area contributed by atoms with Crippen molar-refractivity contribution in [2.24, 2.45) is 4.99 Å². The summed E-state index contributed by atoms with van der Waals surface area (Å²) in [5.41, 5.74) is 1.37. The molecule has 1 aliphatic heterocycles. The third-order valence-corrected chi connectivity index (χ3v) is 7.14. The van der Waals surface area contributed by atoms with Gasteiger partial charge in [0.25, 0.3) is 5.91 Å². The molecule has 2 N–H and O–H groups in total. The number of halogens is 1. The van der Waals surface area contributed by atoms with Crippen molar-refractivity contribution in [2.45, 2.75) is 37.8 Å². The van der Waals surface area contributed by atoms with Gasteiger partial charge in [0.2, 0.25) is 5.90 Å². The molecule has 0 fully saturated rings. The zero-order chi connectivity index (χ0) is 28.4. The molecule has 0 saturated carbocycles. The Balaban J connectivity index is 1.60. The van der Waals surface area contributed by atoms with Gasteiger partial charge in [-0.05, 0) is 66.9 Å². The number of aliphatic hydroxyl groups is 1. The maximum absolute atomic E-state index is 14.0. The molecule has 7 nitrogen and oxygen atoms in total. The van der Waals surface area contributed by atoms with E-state index in [-0.39, 0.29) is 12.5 Å². The van der Waals surface area contributed by atoms with E-state index in [2.05, 4.69) is 27.8 Å². The van der Waals surface area contributed by atoms with Gasteiger partial charge in [-0.3, -0.25) is 4.79 Å². The molecular formula is C32H35BrN2O5. The third kappa shape index (κ3) is 6.92. The zero-order valence-corrected chi connectivity index (χ0v) is 24.2. The van der Waals surface area contributed by atoms with E-state index in [9.17, 15) is 4.79 Å². The van der Waals surface area contributed by atoms with Gasteiger partial charge in [0, 0.05) is 36.0 Å². The molecule has 0 bridgehead atoms. The number of nitrogens with one attached hydrogen (secondary N) is 1. The molecule has 210 valence electrons. The highest BCUT2D eigenvalue weighted by Crippen LogP contribution is 2.43. The Morgan fingerprint density at radius 2 is 1.88 bits per heavy atom. The van der Waals surface area contributed by atoms with E-state index in [0.29, 0.717) is 50.7 Å². The Bertz CT molecular complexity index is 1310. The minimum Gasteiger partial charge on any atom is -0.494 e. The topological polar surface area (TPSA) is 89.4 Å². The lowest BCUT2D eigenvalue weighted by atomic mass is 9.84. The number of nitrogens with zero attached hydrogens (tertiary/aromatic N) is 1. The molecule has 0 radical (unpaired) electrons. The zero-order valence-electron chi connectivity index (χ0n) is 22.6. The molecule has 3 aromatic carbocycles. The lowest BCUT2D eigenvalue weighted by molar-refractivity contribution is -0.128. The van der Waals surface area contributed by atoms with Crippen LogP contribution in [0.25, 0.3) is 0 Å². The second kappa shape index (κ2) is 14.1. The highest BCUT2D eigenvalue weighted by molar-refractivity contribution is 9.10. The second-order valence-corrected chi connectivity index (χ2v) is 10.3. The summed E-state index contributed by atoms with van der Waals surface area (Å²) in [5.74, 6) is 1.66. The lowest BCUT2D eigenvalue weighted by Crippen LogP contribution is -2.48. The molecule has 0 unspecified atom stereocenters. The highest BCUT2D eigenvalue weighted by Gasteiger charge is 2.52. The predicted octanol–water partition coefficient (Wildman–Crippen LogP) is 5.80. The largest absolute Gasteiger partial charge is 0.494 e. The summed E-state index contributed by atoms with van der Waals surface area (Å²) in [6.45, 7) is 7.38. The molecule has 0 spiro atoms. The van der Waals surface area contributed by atoms with Gasteiger partial charge < -0.3 is 24.6 Å². The van der Waals surface area contributed by atoms with Crippen molar-refractivity contribution in [3.8, 4) is 11.5 Å². The SMILES string of the molecule is C=CC[C@@]1(C(=O)NCCc2ccccc2OCC)N=C(c2ccc(OCCCO)cc2)O[C@@H]1c1ccc(Br)cc1. The normalized spacial score (nSPS) is 18.0. The molecule has 1 amide bonds. The van der Waals surface area contributed by atoms with Crippen molar-refractivity contribution < 1.29 is 24.1 Å². The van der Waals surface area contributed by atoms with E-state index >= 15 is 0 Å². The van der Waals surface area contributed by atoms with Crippen LogP contribution in [0.2, 0.25) is 0 Å². The average Bonchev–Trinajstić information content (AvgIpc) is 3.36. The molecular weight excluding hydrogens is 572 g/mol. The van der Waals surface area contributed by atoms with Gasteiger partial charge in [-0.25, -0.2) is 4.99 Å². The summed E-state index contributed by atoms with van der Waals surface area (Å²) in [5, 5.41) is 12.1. The fourth-order valence-electron chi connectivity index (χ4n) is 4.64. The number of hydrogen-bond donors (Lipinski definition) is 2. The number of ether oxygens (including phenoxy) is 3. The molecule has 0 aliphatic carbocycles. The van der Waals surface area contributed by atoms with Gasteiger partial charge in [0.1, 0.15) is 11.5 Å². The van der Waals surface area contributed by atoms with Crippen LogP contribution in [0.5, 0.6) is 11.5 Å². The molecule has 3 aromatic rings. The van der Waals surface area contributed by atoms with Gasteiger partial charge in [0.05, 0.1) is 13.2 Å². The second-order valence-electron chi connectivity index (χ2n) is 9.38. The molecule has 1 aliphatic rings. The lowest BCUT2D eigenvalue weighted by Gasteiger charge is -2.29. The quantitative estimate of drug-likeness (QED) is 0.179. The summed E-state index contributed by atoms with van der Waals surface area (Å²) < 4.78 is 18.8. The number of rotatable bonds is 14. The highest BCUT2D eigenvalue weighted by atomic mass is 79.9. The van der Waals surface area contributed by atoms with Gasteiger partial charge >= 0.3 is 0 Å². The minimum atomic E-state index is -1.24. The van der Waals surface area contributed by atoms with Crippen molar-refractivity contribution in [1.29, 1.82) is 0 Å². The fourth-order valence-corrected chi connectivity index (χ4v) is 4.91. The summed E-state index contributed by atoms with van der Waals surface area (Å²) >= 11 is 3.49.